The summed E-state index contributed by atoms with van der Waals surface area (Å²) in [5, 5.41) is 0. The lowest BCUT2D eigenvalue weighted by Gasteiger charge is -2.29. The number of hydrogen-bond acceptors (Lipinski definition) is 5. The van der Waals surface area contributed by atoms with Crippen LogP contribution >= 0.6 is 0 Å². The average molecular weight is 505 g/mol. The summed E-state index contributed by atoms with van der Waals surface area (Å²) in [5.41, 5.74) is 3.57. The maximum Gasteiger partial charge on any atom is 0.254 e. The van der Waals surface area contributed by atoms with E-state index in [0.717, 1.165) is 62.6 Å². The zero-order valence-corrected chi connectivity index (χ0v) is 21.0. The van der Waals surface area contributed by atoms with Crippen molar-refractivity contribution < 1.29 is 23.4 Å². The fourth-order valence-electron chi connectivity index (χ4n) is 4.78. The quantitative estimate of drug-likeness (QED) is 0.408. The Bertz CT molecular complexity index is 1160. The van der Waals surface area contributed by atoms with E-state index < -0.39 is 0 Å². The Hall–Kier alpha value is -3.42. The second-order valence-electron chi connectivity index (χ2n) is 9.53. The predicted octanol–water partition coefficient (Wildman–Crippen LogP) is 5.06. The summed E-state index contributed by atoms with van der Waals surface area (Å²) < 4.78 is 30.5. The van der Waals surface area contributed by atoms with E-state index in [4.69, 9.17) is 14.2 Å². The van der Waals surface area contributed by atoms with E-state index in [0.29, 0.717) is 31.0 Å². The van der Waals surface area contributed by atoms with Gasteiger partial charge in [0.25, 0.3) is 5.91 Å². The number of carbonyl (C=O) groups excluding carboxylic acids is 1. The van der Waals surface area contributed by atoms with Crippen molar-refractivity contribution >= 4 is 11.6 Å². The number of benzene rings is 3. The normalized spacial score (nSPS) is 17.5. The molecule has 0 aromatic heterocycles. The van der Waals surface area contributed by atoms with Crippen molar-refractivity contribution in [2.45, 2.75) is 32.1 Å². The molecule has 2 aliphatic heterocycles. The molecule has 0 spiro atoms. The van der Waals surface area contributed by atoms with Gasteiger partial charge in [0, 0.05) is 44.0 Å². The number of rotatable bonds is 9. The molecule has 0 unspecified atom stereocenters. The average Bonchev–Trinajstić information content (AvgIpc) is 3.46. The highest BCUT2D eigenvalue weighted by Gasteiger charge is 2.24. The lowest BCUT2D eigenvalue weighted by atomic mass is 10.1. The highest BCUT2D eigenvalue weighted by Crippen LogP contribution is 2.22. The van der Waals surface area contributed by atoms with Gasteiger partial charge in [-0.15, -0.1) is 0 Å². The Morgan fingerprint density at radius 3 is 2.46 bits per heavy atom. The minimum absolute atomic E-state index is 0.00421. The monoisotopic (exact) mass is 504 g/mol. The van der Waals surface area contributed by atoms with Gasteiger partial charge in [0.15, 0.2) is 0 Å². The number of halogens is 1. The van der Waals surface area contributed by atoms with E-state index in [1.807, 2.05) is 59.5 Å². The van der Waals surface area contributed by atoms with Crippen LogP contribution in [0.1, 0.15) is 34.3 Å². The predicted molar refractivity (Wildman–Crippen MR) is 140 cm³/mol. The Labute approximate surface area is 217 Å². The second-order valence-corrected chi connectivity index (χ2v) is 9.53. The second kappa shape index (κ2) is 12.2. The summed E-state index contributed by atoms with van der Waals surface area (Å²) in [6.07, 6.45) is 2.05. The van der Waals surface area contributed by atoms with Crippen LogP contribution in [0, 0.1) is 5.82 Å². The van der Waals surface area contributed by atoms with E-state index in [1.54, 1.807) is 6.07 Å². The van der Waals surface area contributed by atoms with E-state index in [1.165, 1.54) is 12.1 Å². The van der Waals surface area contributed by atoms with Gasteiger partial charge < -0.3 is 24.0 Å². The molecule has 5 rings (SSSR count). The topological polar surface area (TPSA) is 51.2 Å². The van der Waals surface area contributed by atoms with Gasteiger partial charge in [-0.1, -0.05) is 24.3 Å². The largest absolute Gasteiger partial charge is 0.489 e. The summed E-state index contributed by atoms with van der Waals surface area (Å²) in [6, 6.07) is 22.0. The lowest BCUT2D eigenvalue weighted by molar-refractivity contribution is 0.0507. The standard InChI is InChI=1S/C30H33FN2O4/c31-26-4-1-3-24(19-26)22-37-28-12-6-23(7-13-28)20-33(21-29-5-2-16-36-29)30(34)25-8-10-27(11-9-25)32-14-17-35-18-15-32/h1,3-4,6-13,19,29H,2,5,14-18,20-22H2/t29-/m1/s1. The third-order valence-electron chi connectivity index (χ3n) is 6.82. The van der Waals surface area contributed by atoms with Gasteiger partial charge in [-0.3, -0.25) is 4.79 Å². The Morgan fingerprint density at radius 1 is 0.973 bits per heavy atom. The molecule has 3 aromatic carbocycles. The molecule has 3 aromatic rings. The zero-order valence-electron chi connectivity index (χ0n) is 21.0. The van der Waals surface area contributed by atoms with Crippen LogP contribution in [0.2, 0.25) is 0 Å². The maximum absolute atomic E-state index is 13.6. The zero-order chi connectivity index (χ0) is 25.5. The smallest absolute Gasteiger partial charge is 0.254 e. The molecule has 2 fully saturated rings. The summed E-state index contributed by atoms with van der Waals surface area (Å²) in [4.78, 5) is 17.7. The summed E-state index contributed by atoms with van der Waals surface area (Å²) in [5.74, 6) is 0.419. The van der Waals surface area contributed by atoms with E-state index >= 15 is 0 Å². The molecular formula is C30H33FN2O4. The van der Waals surface area contributed by atoms with Gasteiger partial charge in [0.2, 0.25) is 0 Å². The van der Waals surface area contributed by atoms with Gasteiger partial charge >= 0.3 is 0 Å². The molecule has 2 saturated heterocycles. The number of anilines is 1. The number of hydrogen-bond donors (Lipinski definition) is 0. The molecular weight excluding hydrogens is 471 g/mol. The van der Waals surface area contributed by atoms with E-state index in [-0.39, 0.29) is 17.8 Å². The van der Waals surface area contributed by atoms with Gasteiger partial charge in [-0.05, 0) is 72.5 Å². The molecule has 0 bridgehead atoms. The van der Waals surface area contributed by atoms with Crippen molar-refractivity contribution in [1.29, 1.82) is 0 Å². The van der Waals surface area contributed by atoms with Gasteiger partial charge in [0.1, 0.15) is 18.2 Å². The van der Waals surface area contributed by atoms with Crippen LogP contribution in [-0.4, -0.2) is 56.4 Å². The fourth-order valence-corrected chi connectivity index (χ4v) is 4.78. The van der Waals surface area contributed by atoms with Crippen molar-refractivity contribution in [3.63, 3.8) is 0 Å². The minimum Gasteiger partial charge on any atom is -0.489 e. The third kappa shape index (κ3) is 6.87. The first kappa shape index (κ1) is 25.2. The van der Waals surface area contributed by atoms with Crippen LogP contribution in [0.25, 0.3) is 0 Å². The first-order valence-electron chi connectivity index (χ1n) is 12.9. The van der Waals surface area contributed by atoms with Crippen LogP contribution in [0.3, 0.4) is 0 Å². The molecule has 1 atom stereocenters. The first-order valence-corrected chi connectivity index (χ1v) is 12.9. The Balaban J connectivity index is 1.24. The molecule has 0 radical (unpaired) electrons. The molecule has 0 N–H and O–H groups in total. The lowest BCUT2D eigenvalue weighted by Crippen LogP contribution is -2.37. The highest BCUT2D eigenvalue weighted by atomic mass is 19.1. The summed E-state index contributed by atoms with van der Waals surface area (Å²) >= 11 is 0. The van der Waals surface area contributed by atoms with Crippen molar-refractivity contribution in [2.75, 3.05) is 44.4 Å². The number of carbonyl (C=O) groups is 1. The first-order chi connectivity index (χ1) is 18.1. The SMILES string of the molecule is O=C(c1ccc(N2CCOCC2)cc1)N(Cc1ccc(OCc2cccc(F)c2)cc1)C[C@H]1CCCO1. The van der Waals surface area contributed by atoms with Crippen molar-refractivity contribution in [3.8, 4) is 5.75 Å². The number of nitrogens with zero attached hydrogens (tertiary/aromatic N) is 2. The Kier molecular flexibility index (Phi) is 8.33. The van der Waals surface area contributed by atoms with E-state index in [9.17, 15) is 9.18 Å². The molecule has 0 saturated carbocycles. The van der Waals surface area contributed by atoms with Gasteiger partial charge in [-0.2, -0.15) is 0 Å². The molecule has 6 nitrogen and oxygen atoms in total. The fraction of sp³-hybridized carbons (Fsp3) is 0.367. The summed E-state index contributed by atoms with van der Waals surface area (Å²) in [6.45, 7) is 5.26. The molecule has 0 aliphatic carbocycles. The molecule has 2 aliphatic rings. The number of ether oxygens (including phenoxy) is 3. The van der Waals surface area contributed by atoms with Crippen LogP contribution in [-0.2, 0) is 22.6 Å². The van der Waals surface area contributed by atoms with E-state index in [2.05, 4.69) is 4.90 Å². The molecule has 37 heavy (non-hydrogen) atoms. The summed E-state index contributed by atoms with van der Waals surface area (Å²) in [7, 11) is 0. The third-order valence-corrected chi connectivity index (χ3v) is 6.82. The van der Waals surface area contributed by atoms with Crippen molar-refractivity contribution in [3.05, 3.63) is 95.3 Å². The van der Waals surface area contributed by atoms with Gasteiger partial charge in [-0.25, -0.2) is 4.39 Å². The van der Waals surface area contributed by atoms with Gasteiger partial charge in [0.05, 0.1) is 19.3 Å². The maximum atomic E-state index is 13.6. The molecule has 7 heteroatoms. The molecule has 194 valence electrons. The highest BCUT2D eigenvalue weighted by molar-refractivity contribution is 5.94. The van der Waals surface area contributed by atoms with Crippen LogP contribution < -0.4 is 9.64 Å². The van der Waals surface area contributed by atoms with Crippen LogP contribution in [0.15, 0.2) is 72.8 Å². The van der Waals surface area contributed by atoms with Crippen molar-refractivity contribution in [1.82, 2.24) is 4.90 Å². The molecule has 2 heterocycles. The number of amides is 1. The number of morpholine rings is 1. The minimum atomic E-state index is -0.275. The van der Waals surface area contributed by atoms with Crippen LogP contribution in [0.5, 0.6) is 5.75 Å². The van der Waals surface area contributed by atoms with Crippen molar-refractivity contribution in [2.24, 2.45) is 0 Å². The van der Waals surface area contributed by atoms with Crippen LogP contribution in [0.4, 0.5) is 10.1 Å². The Morgan fingerprint density at radius 2 is 1.76 bits per heavy atom. The molecule has 1 amide bonds.